The second-order valence-electron chi connectivity index (χ2n) is 4.46. The number of rotatable bonds is 3. The first-order valence-corrected chi connectivity index (χ1v) is 7.77. The van der Waals surface area contributed by atoms with Crippen molar-refractivity contribution >= 4 is 43.2 Å². The molecule has 0 atom stereocenters. The number of aromatic amines is 1. The molecule has 6 heteroatoms. The lowest BCUT2D eigenvalue weighted by Crippen LogP contribution is -2.13. The van der Waals surface area contributed by atoms with Gasteiger partial charge in [0.05, 0.1) is 12.1 Å². The number of thiophene rings is 1. The van der Waals surface area contributed by atoms with Crippen LogP contribution in [0.2, 0.25) is 0 Å². The van der Waals surface area contributed by atoms with Crippen LogP contribution in [0.1, 0.15) is 11.4 Å². The predicted molar refractivity (Wildman–Crippen MR) is 86.4 cm³/mol. The highest BCUT2D eigenvalue weighted by molar-refractivity contribution is 9.10. The molecule has 102 valence electrons. The molecule has 0 fully saturated rings. The van der Waals surface area contributed by atoms with Crippen LogP contribution in [-0.4, -0.2) is 9.97 Å². The van der Waals surface area contributed by atoms with Crippen LogP contribution in [0.3, 0.4) is 0 Å². The van der Waals surface area contributed by atoms with Crippen LogP contribution in [0.4, 0.5) is 5.69 Å². The molecule has 0 unspecified atom stereocenters. The maximum Gasteiger partial charge on any atom is 0.268 e. The van der Waals surface area contributed by atoms with Crippen LogP contribution in [0.25, 0.3) is 10.2 Å². The number of benzene rings is 1. The number of hydrogen-bond donors (Lipinski definition) is 2. The van der Waals surface area contributed by atoms with Crippen LogP contribution in [0, 0.1) is 6.92 Å². The van der Waals surface area contributed by atoms with E-state index in [1.807, 2.05) is 36.6 Å². The molecule has 2 N–H and O–H groups in total. The van der Waals surface area contributed by atoms with Crippen molar-refractivity contribution in [1.82, 2.24) is 9.97 Å². The second-order valence-corrected chi connectivity index (χ2v) is 6.29. The Labute approximate surface area is 128 Å². The summed E-state index contributed by atoms with van der Waals surface area (Å²) in [5, 5.41) is 5.17. The van der Waals surface area contributed by atoms with E-state index in [2.05, 4.69) is 31.2 Å². The number of fused-ring (bicyclic) bond motifs is 1. The van der Waals surface area contributed by atoms with Gasteiger partial charge in [0.1, 0.15) is 10.5 Å². The van der Waals surface area contributed by atoms with E-state index in [9.17, 15) is 4.79 Å². The van der Waals surface area contributed by atoms with E-state index in [4.69, 9.17) is 0 Å². The van der Waals surface area contributed by atoms with Gasteiger partial charge in [-0.2, -0.15) is 0 Å². The van der Waals surface area contributed by atoms with Crippen molar-refractivity contribution in [3.8, 4) is 0 Å². The molecular formula is C14H12BrN3OS. The van der Waals surface area contributed by atoms with Crippen molar-refractivity contribution in [3.05, 3.63) is 55.9 Å². The quantitative estimate of drug-likeness (QED) is 0.758. The molecule has 0 saturated carbocycles. The zero-order valence-corrected chi connectivity index (χ0v) is 13.1. The minimum Gasteiger partial charge on any atom is -0.378 e. The van der Waals surface area contributed by atoms with Gasteiger partial charge >= 0.3 is 0 Å². The van der Waals surface area contributed by atoms with E-state index in [1.54, 1.807) is 0 Å². The fourth-order valence-corrected chi connectivity index (χ4v) is 3.06. The number of halogens is 1. The first kappa shape index (κ1) is 13.3. The first-order chi connectivity index (χ1) is 9.63. The molecule has 0 aliphatic heterocycles. The summed E-state index contributed by atoms with van der Waals surface area (Å²) in [6.45, 7) is 2.52. The third-order valence-electron chi connectivity index (χ3n) is 3.01. The Balaban J connectivity index is 1.86. The highest BCUT2D eigenvalue weighted by Crippen LogP contribution is 2.21. The molecule has 20 heavy (non-hydrogen) atoms. The zero-order chi connectivity index (χ0) is 14.1. The summed E-state index contributed by atoms with van der Waals surface area (Å²) in [7, 11) is 0. The Kier molecular flexibility index (Phi) is 3.58. The van der Waals surface area contributed by atoms with Crippen molar-refractivity contribution in [3.63, 3.8) is 0 Å². The number of H-pyrrole nitrogens is 1. The van der Waals surface area contributed by atoms with Crippen LogP contribution in [-0.2, 0) is 6.54 Å². The fourth-order valence-electron chi connectivity index (χ4n) is 1.97. The lowest BCUT2D eigenvalue weighted by atomic mass is 10.2. The van der Waals surface area contributed by atoms with E-state index in [0.717, 1.165) is 21.2 Å². The van der Waals surface area contributed by atoms with Gasteiger partial charge in [-0.25, -0.2) is 4.98 Å². The lowest BCUT2D eigenvalue weighted by molar-refractivity contribution is 0.954. The van der Waals surface area contributed by atoms with Gasteiger partial charge in [-0.15, -0.1) is 11.3 Å². The number of hydrogen-bond acceptors (Lipinski definition) is 4. The Morgan fingerprint density at radius 2 is 2.25 bits per heavy atom. The van der Waals surface area contributed by atoms with Gasteiger partial charge in [0.25, 0.3) is 5.56 Å². The van der Waals surface area contributed by atoms with Gasteiger partial charge in [-0.3, -0.25) is 4.79 Å². The summed E-state index contributed by atoms with van der Waals surface area (Å²) in [5.74, 6) is 0.639. The number of aryl methyl sites for hydroxylation is 1. The minimum atomic E-state index is -0.0761. The summed E-state index contributed by atoms with van der Waals surface area (Å²) >= 11 is 4.86. The molecule has 2 aromatic heterocycles. The Morgan fingerprint density at radius 3 is 3.10 bits per heavy atom. The molecule has 0 amide bonds. The molecular weight excluding hydrogens is 338 g/mol. The predicted octanol–water partition coefficient (Wildman–Crippen LogP) is 3.67. The third kappa shape index (κ3) is 2.62. The molecule has 0 aliphatic rings. The second kappa shape index (κ2) is 5.38. The monoisotopic (exact) mass is 349 g/mol. The van der Waals surface area contributed by atoms with Gasteiger partial charge in [0.2, 0.25) is 0 Å². The molecule has 2 heterocycles. The van der Waals surface area contributed by atoms with Gasteiger partial charge < -0.3 is 10.3 Å². The van der Waals surface area contributed by atoms with E-state index >= 15 is 0 Å². The molecule has 0 spiro atoms. The summed E-state index contributed by atoms with van der Waals surface area (Å²) in [6.07, 6.45) is 0. The third-order valence-corrected chi connectivity index (χ3v) is 4.41. The SMILES string of the molecule is Cc1ccc(Br)cc1NCc1nc2ccsc2c(=O)[nH]1. The van der Waals surface area contributed by atoms with E-state index in [-0.39, 0.29) is 5.56 Å². The maximum atomic E-state index is 11.9. The van der Waals surface area contributed by atoms with Gasteiger partial charge in [-0.1, -0.05) is 22.0 Å². The number of anilines is 1. The fraction of sp³-hybridized carbons (Fsp3) is 0.143. The first-order valence-electron chi connectivity index (χ1n) is 6.10. The van der Waals surface area contributed by atoms with Crippen LogP contribution in [0.15, 0.2) is 38.9 Å². The topological polar surface area (TPSA) is 57.8 Å². The van der Waals surface area contributed by atoms with Crippen molar-refractivity contribution in [2.45, 2.75) is 13.5 Å². The largest absolute Gasteiger partial charge is 0.378 e. The Hall–Kier alpha value is -1.66. The normalized spacial score (nSPS) is 10.9. The minimum absolute atomic E-state index is 0.0761. The zero-order valence-electron chi connectivity index (χ0n) is 10.7. The highest BCUT2D eigenvalue weighted by Gasteiger charge is 2.05. The molecule has 0 radical (unpaired) electrons. The van der Waals surface area contributed by atoms with Gasteiger partial charge in [-0.05, 0) is 36.1 Å². The van der Waals surface area contributed by atoms with Crippen molar-refractivity contribution in [2.75, 3.05) is 5.32 Å². The standard InChI is InChI=1S/C14H12BrN3OS/c1-8-2-3-9(15)6-11(8)16-7-12-17-10-4-5-20-13(10)14(19)18-12/h2-6,16H,7H2,1H3,(H,17,18,19). The lowest BCUT2D eigenvalue weighted by Gasteiger charge is -2.09. The van der Waals surface area contributed by atoms with Crippen LogP contribution < -0.4 is 10.9 Å². The number of nitrogens with zero attached hydrogens (tertiary/aromatic N) is 1. The summed E-state index contributed by atoms with van der Waals surface area (Å²) in [4.78, 5) is 19.1. The average Bonchev–Trinajstić information content (AvgIpc) is 2.89. The van der Waals surface area contributed by atoms with Crippen molar-refractivity contribution in [2.24, 2.45) is 0 Å². The molecule has 0 saturated heterocycles. The van der Waals surface area contributed by atoms with Crippen LogP contribution >= 0.6 is 27.3 Å². The number of nitrogens with one attached hydrogen (secondary N) is 2. The highest BCUT2D eigenvalue weighted by atomic mass is 79.9. The van der Waals surface area contributed by atoms with Crippen molar-refractivity contribution in [1.29, 1.82) is 0 Å². The molecule has 3 aromatic rings. The summed E-state index contributed by atoms with van der Waals surface area (Å²) in [6, 6.07) is 7.91. The molecule has 1 aromatic carbocycles. The maximum absolute atomic E-state index is 11.9. The summed E-state index contributed by atoms with van der Waals surface area (Å²) in [5.41, 5.74) is 2.84. The van der Waals surface area contributed by atoms with Crippen molar-refractivity contribution < 1.29 is 0 Å². The van der Waals surface area contributed by atoms with Crippen LogP contribution in [0.5, 0.6) is 0 Å². The van der Waals surface area contributed by atoms with Gasteiger partial charge in [0.15, 0.2) is 0 Å². The smallest absolute Gasteiger partial charge is 0.268 e. The molecule has 3 rings (SSSR count). The van der Waals surface area contributed by atoms with E-state index < -0.39 is 0 Å². The summed E-state index contributed by atoms with van der Waals surface area (Å²) < 4.78 is 1.69. The molecule has 0 aliphatic carbocycles. The average molecular weight is 350 g/mol. The Bertz CT molecular complexity index is 825. The van der Waals surface area contributed by atoms with Gasteiger partial charge in [0, 0.05) is 10.2 Å². The number of aromatic nitrogens is 2. The molecule has 4 nitrogen and oxygen atoms in total. The van der Waals surface area contributed by atoms with E-state index in [1.165, 1.54) is 11.3 Å². The molecule has 0 bridgehead atoms. The van der Waals surface area contributed by atoms with E-state index in [0.29, 0.717) is 17.1 Å². The Morgan fingerprint density at radius 1 is 1.40 bits per heavy atom.